The van der Waals surface area contributed by atoms with Gasteiger partial charge in [0.25, 0.3) is 0 Å². The molecule has 0 aromatic carbocycles. The lowest BCUT2D eigenvalue weighted by atomic mass is 9.94. The molecule has 0 heterocycles. The SMILES string of the molecule is C=CC(C)(C)C(=O)OCC. The fraction of sp³-hybridized carbons (Fsp3) is 0.625. The first-order valence-electron chi connectivity index (χ1n) is 3.35. The Morgan fingerprint density at radius 3 is 2.50 bits per heavy atom. The Labute approximate surface area is 61.9 Å². The second-order valence-electron chi connectivity index (χ2n) is 2.65. The van der Waals surface area contributed by atoms with Gasteiger partial charge in [0.05, 0.1) is 12.0 Å². The van der Waals surface area contributed by atoms with Gasteiger partial charge >= 0.3 is 5.97 Å². The molecule has 0 rings (SSSR count). The Hall–Kier alpha value is -0.790. The summed E-state index contributed by atoms with van der Waals surface area (Å²) in [6.45, 7) is 9.30. The summed E-state index contributed by atoms with van der Waals surface area (Å²) in [6.07, 6.45) is 1.59. The van der Waals surface area contributed by atoms with Crippen LogP contribution in [-0.4, -0.2) is 12.6 Å². The number of hydrogen-bond acceptors (Lipinski definition) is 2. The molecule has 0 fully saturated rings. The standard InChI is InChI=1S/C8H14O2/c1-5-8(3,4)7(9)10-6-2/h5H,1,6H2,2-4H3. The highest BCUT2D eigenvalue weighted by Crippen LogP contribution is 2.17. The van der Waals surface area contributed by atoms with Crippen LogP contribution < -0.4 is 0 Å². The lowest BCUT2D eigenvalue weighted by Crippen LogP contribution is -2.23. The highest BCUT2D eigenvalue weighted by Gasteiger charge is 2.24. The van der Waals surface area contributed by atoms with E-state index in [0.717, 1.165) is 0 Å². The molecule has 0 aromatic heterocycles. The molecule has 0 bridgehead atoms. The smallest absolute Gasteiger partial charge is 0.315 e. The van der Waals surface area contributed by atoms with Crippen molar-refractivity contribution in [3.63, 3.8) is 0 Å². The van der Waals surface area contributed by atoms with Gasteiger partial charge in [0.1, 0.15) is 0 Å². The Morgan fingerprint density at radius 2 is 2.20 bits per heavy atom. The van der Waals surface area contributed by atoms with Crippen molar-refractivity contribution in [2.75, 3.05) is 6.61 Å². The number of hydrogen-bond donors (Lipinski definition) is 0. The van der Waals surface area contributed by atoms with Gasteiger partial charge < -0.3 is 4.74 Å². The van der Waals surface area contributed by atoms with Gasteiger partial charge in [-0.3, -0.25) is 4.79 Å². The van der Waals surface area contributed by atoms with Crippen LogP contribution in [0, 0.1) is 5.41 Å². The zero-order valence-corrected chi connectivity index (χ0v) is 6.81. The summed E-state index contributed by atoms with van der Waals surface area (Å²) in [5.74, 6) is -0.218. The monoisotopic (exact) mass is 142 g/mol. The van der Waals surface area contributed by atoms with Gasteiger partial charge in [0.2, 0.25) is 0 Å². The highest BCUT2D eigenvalue weighted by molar-refractivity contribution is 5.77. The quantitative estimate of drug-likeness (QED) is 0.443. The minimum atomic E-state index is -0.546. The number of esters is 1. The Bertz CT molecular complexity index is 136. The van der Waals surface area contributed by atoms with Crippen molar-refractivity contribution < 1.29 is 9.53 Å². The largest absolute Gasteiger partial charge is 0.465 e. The molecule has 0 aromatic rings. The molecule has 0 saturated carbocycles. The summed E-state index contributed by atoms with van der Waals surface area (Å²) in [5, 5.41) is 0. The van der Waals surface area contributed by atoms with E-state index in [4.69, 9.17) is 4.74 Å². The van der Waals surface area contributed by atoms with Crippen LogP contribution in [0.5, 0.6) is 0 Å². The topological polar surface area (TPSA) is 26.3 Å². The molecule has 10 heavy (non-hydrogen) atoms. The number of ether oxygens (including phenoxy) is 1. The van der Waals surface area contributed by atoms with Crippen LogP contribution in [0.4, 0.5) is 0 Å². The van der Waals surface area contributed by atoms with Crippen LogP contribution >= 0.6 is 0 Å². The minimum absolute atomic E-state index is 0.218. The molecule has 0 N–H and O–H groups in total. The summed E-state index contributed by atoms with van der Waals surface area (Å²) < 4.78 is 4.79. The molecule has 0 aliphatic carbocycles. The second kappa shape index (κ2) is 3.40. The molecule has 0 amide bonds. The Morgan fingerprint density at radius 1 is 1.70 bits per heavy atom. The fourth-order valence-corrected chi connectivity index (χ4v) is 0.400. The van der Waals surface area contributed by atoms with Crippen LogP contribution in [0.1, 0.15) is 20.8 Å². The van der Waals surface area contributed by atoms with Gasteiger partial charge in [0, 0.05) is 0 Å². The van der Waals surface area contributed by atoms with E-state index in [0.29, 0.717) is 6.61 Å². The van der Waals surface area contributed by atoms with E-state index >= 15 is 0 Å². The van der Waals surface area contributed by atoms with Crippen molar-refractivity contribution >= 4 is 5.97 Å². The third kappa shape index (κ3) is 2.21. The van der Waals surface area contributed by atoms with Crippen LogP contribution in [0.2, 0.25) is 0 Å². The van der Waals surface area contributed by atoms with E-state index in [9.17, 15) is 4.79 Å². The molecule has 0 aliphatic rings. The van der Waals surface area contributed by atoms with E-state index in [1.54, 1.807) is 26.8 Å². The van der Waals surface area contributed by atoms with Crippen molar-refractivity contribution in [3.05, 3.63) is 12.7 Å². The first-order chi connectivity index (χ1) is 4.54. The zero-order valence-electron chi connectivity index (χ0n) is 6.81. The van der Waals surface area contributed by atoms with Crippen molar-refractivity contribution in [2.45, 2.75) is 20.8 Å². The van der Waals surface area contributed by atoms with Crippen molar-refractivity contribution in [3.8, 4) is 0 Å². The molecule has 0 unspecified atom stereocenters. The van der Waals surface area contributed by atoms with Crippen molar-refractivity contribution in [2.24, 2.45) is 5.41 Å². The lowest BCUT2D eigenvalue weighted by Gasteiger charge is -2.16. The van der Waals surface area contributed by atoms with Crippen LogP contribution in [0.25, 0.3) is 0 Å². The Balaban J connectivity index is 4.04. The summed E-state index contributed by atoms with van der Waals surface area (Å²) in [6, 6.07) is 0. The summed E-state index contributed by atoms with van der Waals surface area (Å²) in [4.78, 5) is 11.0. The van der Waals surface area contributed by atoms with Crippen LogP contribution in [0.3, 0.4) is 0 Å². The highest BCUT2D eigenvalue weighted by atomic mass is 16.5. The minimum Gasteiger partial charge on any atom is -0.465 e. The van der Waals surface area contributed by atoms with Crippen molar-refractivity contribution in [1.82, 2.24) is 0 Å². The average molecular weight is 142 g/mol. The van der Waals surface area contributed by atoms with Crippen LogP contribution in [-0.2, 0) is 9.53 Å². The summed E-state index contributed by atoms with van der Waals surface area (Å²) >= 11 is 0. The molecule has 2 heteroatoms. The molecular formula is C8H14O2. The molecule has 0 radical (unpaired) electrons. The first-order valence-corrected chi connectivity index (χ1v) is 3.35. The zero-order chi connectivity index (χ0) is 8.20. The van der Waals surface area contributed by atoms with E-state index < -0.39 is 5.41 Å². The molecule has 0 saturated heterocycles. The summed E-state index contributed by atoms with van der Waals surface area (Å²) in [5.41, 5.74) is -0.546. The second-order valence-corrected chi connectivity index (χ2v) is 2.65. The molecular weight excluding hydrogens is 128 g/mol. The van der Waals surface area contributed by atoms with Gasteiger partial charge in [-0.05, 0) is 20.8 Å². The number of carbonyl (C=O) groups is 1. The van der Waals surface area contributed by atoms with Crippen LogP contribution in [0.15, 0.2) is 12.7 Å². The maximum atomic E-state index is 11.0. The van der Waals surface area contributed by atoms with Gasteiger partial charge in [-0.1, -0.05) is 6.08 Å². The lowest BCUT2D eigenvalue weighted by molar-refractivity contribution is -0.150. The molecule has 0 aliphatic heterocycles. The molecule has 2 nitrogen and oxygen atoms in total. The Kier molecular flexibility index (Phi) is 3.13. The van der Waals surface area contributed by atoms with E-state index in [1.807, 2.05) is 0 Å². The first kappa shape index (κ1) is 9.21. The third-order valence-electron chi connectivity index (χ3n) is 1.31. The van der Waals surface area contributed by atoms with E-state index in [-0.39, 0.29) is 5.97 Å². The predicted molar refractivity (Wildman–Crippen MR) is 40.6 cm³/mol. The van der Waals surface area contributed by atoms with Gasteiger partial charge in [-0.15, -0.1) is 6.58 Å². The van der Waals surface area contributed by atoms with Gasteiger partial charge in [-0.25, -0.2) is 0 Å². The number of carbonyl (C=O) groups excluding carboxylic acids is 1. The average Bonchev–Trinajstić information content (AvgIpc) is 1.89. The van der Waals surface area contributed by atoms with Gasteiger partial charge in [-0.2, -0.15) is 0 Å². The van der Waals surface area contributed by atoms with E-state index in [2.05, 4.69) is 6.58 Å². The van der Waals surface area contributed by atoms with Crippen molar-refractivity contribution in [1.29, 1.82) is 0 Å². The van der Waals surface area contributed by atoms with E-state index in [1.165, 1.54) is 0 Å². The molecule has 0 atom stereocenters. The maximum Gasteiger partial charge on any atom is 0.315 e. The fourth-order valence-electron chi connectivity index (χ4n) is 0.400. The van der Waals surface area contributed by atoms with Gasteiger partial charge in [0.15, 0.2) is 0 Å². The predicted octanol–water partition coefficient (Wildman–Crippen LogP) is 1.76. The third-order valence-corrected chi connectivity index (χ3v) is 1.31. The molecule has 0 spiro atoms. The number of rotatable bonds is 3. The summed E-state index contributed by atoms with van der Waals surface area (Å²) in [7, 11) is 0. The maximum absolute atomic E-state index is 11.0. The normalized spacial score (nSPS) is 10.7. The molecule has 58 valence electrons.